The Bertz CT molecular complexity index is 388. The van der Waals surface area contributed by atoms with E-state index in [1.54, 1.807) is 17.5 Å². The summed E-state index contributed by atoms with van der Waals surface area (Å²) in [6.45, 7) is 6.46. The fraction of sp³-hybridized carbons (Fsp3) is 0.692. The summed E-state index contributed by atoms with van der Waals surface area (Å²) in [5.74, 6) is -0.137. The lowest BCUT2D eigenvalue weighted by atomic mass is 9.96. The van der Waals surface area contributed by atoms with Crippen LogP contribution in [0.2, 0.25) is 0 Å². The summed E-state index contributed by atoms with van der Waals surface area (Å²) in [5.41, 5.74) is -0.309. The Balaban J connectivity index is 2.19. The Hall–Kier alpha value is -0.940. The van der Waals surface area contributed by atoms with Crippen molar-refractivity contribution in [1.82, 2.24) is 9.88 Å². The molecule has 18 heavy (non-hydrogen) atoms. The van der Waals surface area contributed by atoms with E-state index in [1.807, 2.05) is 12.3 Å². The lowest BCUT2D eigenvalue weighted by Crippen LogP contribution is -2.44. The molecule has 1 fully saturated rings. The molecule has 0 bridgehead atoms. The van der Waals surface area contributed by atoms with E-state index in [4.69, 9.17) is 4.74 Å². The number of likely N-dealkylation sites (tertiary alicyclic amines) is 1. The highest BCUT2D eigenvalue weighted by Crippen LogP contribution is 2.36. The van der Waals surface area contributed by atoms with Gasteiger partial charge in [-0.15, -0.1) is 11.3 Å². The van der Waals surface area contributed by atoms with Crippen molar-refractivity contribution in [3.8, 4) is 0 Å². The Labute approximate surface area is 112 Å². The van der Waals surface area contributed by atoms with Gasteiger partial charge in [-0.1, -0.05) is 0 Å². The molecule has 1 aliphatic heterocycles. The number of rotatable bonds is 5. The van der Waals surface area contributed by atoms with Crippen molar-refractivity contribution >= 4 is 17.3 Å². The van der Waals surface area contributed by atoms with Crippen molar-refractivity contribution in [3.63, 3.8) is 0 Å². The Kier molecular flexibility index (Phi) is 4.35. The lowest BCUT2D eigenvalue weighted by molar-refractivity contribution is -0.146. The van der Waals surface area contributed by atoms with Gasteiger partial charge < -0.3 is 4.74 Å². The van der Waals surface area contributed by atoms with Gasteiger partial charge in [-0.25, -0.2) is 4.98 Å². The van der Waals surface area contributed by atoms with Crippen molar-refractivity contribution in [1.29, 1.82) is 0 Å². The first-order valence-electron chi connectivity index (χ1n) is 6.47. The van der Waals surface area contributed by atoms with E-state index in [-0.39, 0.29) is 11.5 Å². The van der Waals surface area contributed by atoms with Crippen LogP contribution in [0.5, 0.6) is 0 Å². The summed E-state index contributed by atoms with van der Waals surface area (Å²) in [6.07, 6.45) is 4.58. The maximum Gasteiger partial charge on any atom is 0.308 e. The molecule has 0 aliphatic carbocycles. The van der Waals surface area contributed by atoms with E-state index in [1.165, 1.54) is 12.8 Å². The number of hydrogen-bond acceptors (Lipinski definition) is 5. The first kappa shape index (κ1) is 13.5. The molecule has 0 N–H and O–H groups in total. The monoisotopic (exact) mass is 268 g/mol. The Morgan fingerprint density at radius 3 is 2.83 bits per heavy atom. The third kappa shape index (κ3) is 2.72. The van der Waals surface area contributed by atoms with E-state index >= 15 is 0 Å². The average molecular weight is 268 g/mol. The summed E-state index contributed by atoms with van der Waals surface area (Å²) in [6, 6.07) is 0. The second kappa shape index (κ2) is 5.80. The fourth-order valence-corrected chi connectivity index (χ4v) is 3.34. The highest BCUT2D eigenvalue weighted by molar-refractivity contribution is 7.09. The number of aromatic nitrogens is 1. The van der Waals surface area contributed by atoms with Gasteiger partial charge in [-0.2, -0.15) is 0 Å². The molecule has 1 aliphatic rings. The Morgan fingerprint density at radius 2 is 2.28 bits per heavy atom. The van der Waals surface area contributed by atoms with Gasteiger partial charge in [0.2, 0.25) is 0 Å². The van der Waals surface area contributed by atoms with Gasteiger partial charge in [0.1, 0.15) is 5.01 Å². The molecule has 0 radical (unpaired) electrons. The number of thiazole rings is 1. The van der Waals surface area contributed by atoms with Gasteiger partial charge in [0.15, 0.2) is 0 Å². The topological polar surface area (TPSA) is 42.4 Å². The SMILES string of the molecule is CCOC(=O)CC(C)(c1nccs1)N1CCCC1. The van der Waals surface area contributed by atoms with Gasteiger partial charge in [0.25, 0.3) is 0 Å². The molecular weight excluding hydrogens is 248 g/mol. The van der Waals surface area contributed by atoms with Crippen LogP contribution in [0.3, 0.4) is 0 Å². The summed E-state index contributed by atoms with van der Waals surface area (Å²) < 4.78 is 5.11. The molecule has 100 valence electrons. The van der Waals surface area contributed by atoms with Gasteiger partial charge in [0.05, 0.1) is 18.6 Å². The number of esters is 1. The van der Waals surface area contributed by atoms with Crippen LogP contribution in [0.4, 0.5) is 0 Å². The number of hydrogen-bond donors (Lipinski definition) is 0. The van der Waals surface area contributed by atoms with Gasteiger partial charge in [-0.05, 0) is 39.8 Å². The zero-order valence-electron chi connectivity index (χ0n) is 11.0. The molecule has 1 aromatic rings. The maximum atomic E-state index is 11.8. The molecule has 4 nitrogen and oxygen atoms in total. The van der Waals surface area contributed by atoms with E-state index in [2.05, 4.69) is 16.8 Å². The van der Waals surface area contributed by atoms with E-state index < -0.39 is 0 Å². The molecular formula is C13H20N2O2S. The summed E-state index contributed by atoms with van der Waals surface area (Å²) in [7, 11) is 0. The van der Waals surface area contributed by atoms with Crippen LogP contribution in [0.1, 0.15) is 38.1 Å². The van der Waals surface area contributed by atoms with E-state index in [0.29, 0.717) is 13.0 Å². The van der Waals surface area contributed by atoms with Crippen LogP contribution in [0.15, 0.2) is 11.6 Å². The van der Waals surface area contributed by atoms with Gasteiger partial charge in [-0.3, -0.25) is 9.69 Å². The number of carbonyl (C=O) groups is 1. The summed E-state index contributed by atoms with van der Waals surface area (Å²) in [4.78, 5) is 18.6. The van der Waals surface area contributed by atoms with E-state index in [0.717, 1.165) is 18.1 Å². The largest absolute Gasteiger partial charge is 0.466 e. The first-order valence-corrected chi connectivity index (χ1v) is 7.35. The molecule has 0 spiro atoms. The van der Waals surface area contributed by atoms with Crippen molar-refractivity contribution < 1.29 is 9.53 Å². The third-order valence-corrected chi connectivity index (χ3v) is 4.52. The summed E-state index contributed by atoms with van der Waals surface area (Å²) in [5, 5.41) is 2.98. The standard InChI is InChI=1S/C13H20N2O2S/c1-3-17-11(16)10-13(2,12-14-6-9-18-12)15-7-4-5-8-15/h6,9H,3-5,7-8,10H2,1-2H3. The number of nitrogens with zero attached hydrogens (tertiary/aromatic N) is 2. The number of carbonyl (C=O) groups excluding carboxylic acids is 1. The molecule has 1 aromatic heterocycles. The molecule has 5 heteroatoms. The second-order valence-corrected chi connectivity index (χ2v) is 5.68. The summed E-state index contributed by atoms with van der Waals surface area (Å²) >= 11 is 1.62. The maximum absolute atomic E-state index is 11.8. The van der Waals surface area contributed by atoms with Crippen LogP contribution in [0.25, 0.3) is 0 Å². The minimum atomic E-state index is -0.309. The molecule has 1 atom stereocenters. The molecule has 2 rings (SSSR count). The highest BCUT2D eigenvalue weighted by atomic mass is 32.1. The zero-order chi connectivity index (χ0) is 13.0. The van der Waals surface area contributed by atoms with Crippen LogP contribution in [-0.2, 0) is 15.1 Å². The molecule has 0 amide bonds. The zero-order valence-corrected chi connectivity index (χ0v) is 11.8. The normalized spacial score (nSPS) is 19.7. The van der Waals surface area contributed by atoms with Crippen molar-refractivity contribution in [2.75, 3.05) is 19.7 Å². The van der Waals surface area contributed by atoms with Crippen LogP contribution < -0.4 is 0 Å². The predicted molar refractivity (Wildman–Crippen MR) is 71.5 cm³/mol. The lowest BCUT2D eigenvalue weighted by Gasteiger charge is -2.36. The van der Waals surface area contributed by atoms with Crippen LogP contribution >= 0.6 is 11.3 Å². The predicted octanol–water partition coefficient (Wildman–Crippen LogP) is 2.41. The van der Waals surface area contributed by atoms with E-state index in [9.17, 15) is 4.79 Å². The molecule has 1 saturated heterocycles. The minimum absolute atomic E-state index is 0.137. The van der Waals surface area contributed by atoms with Crippen molar-refractivity contribution in [3.05, 3.63) is 16.6 Å². The Morgan fingerprint density at radius 1 is 1.56 bits per heavy atom. The van der Waals surface area contributed by atoms with Crippen molar-refractivity contribution in [2.24, 2.45) is 0 Å². The average Bonchev–Trinajstić information content (AvgIpc) is 3.03. The van der Waals surface area contributed by atoms with Gasteiger partial charge >= 0.3 is 5.97 Å². The fourth-order valence-electron chi connectivity index (χ4n) is 2.52. The smallest absolute Gasteiger partial charge is 0.308 e. The third-order valence-electron chi connectivity index (χ3n) is 3.49. The molecule has 0 aromatic carbocycles. The van der Waals surface area contributed by atoms with Crippen molar-refractivity contribution in [2.45, 2.75) is 38.6 Å². The van der Waals surface area contributed by atoms with Crippen LogP contribution in [-0.4, -0.2) is 35.5 Å². The molecule has 2 heterocycles. The highest BCUT2D eigenvalue weighted by Gasteiger charge is 2.39. The second-order valence-electron chi connectivity index (χ2n) is 4.79. The minimum Gasteiger partial charge on any atom is -0.466 e. The number of ether oxygens (including phenoxy) is 1. The quantitative estimate of drug-likeness (QED) is 0.769. The van der Waals surface area contributed by atoms with Crippen LogP contribution in [0, 0.1) is 0 Å². The van der Waals surface area contributed by atoms with Gasteiger partial charge in [0, 0.05) is 11.6 Å². The molecule has 1 unspecified atom stereocenters. The first-order chi connectivity index (χ1) is 8.66. The molecule has 0 saturated carbocycles.